The first-order valence-corrected chi connectivity index (χ1v) is 7.60. The number of nitrogens with zero attached hydrogens (tertiary/aromatic N) is 1. The molecule has 1 amide bonds. The average molecular weight is 325 g/mol. The lowest BCUT2D eigenvalue weighted by atomic mass is 9.91. The second kappa shape index (κ2) is 6.06. The molecule has 0 bridgehead atoms. The van der Waals surface area contributed by atoms with Crippen LogP contribution in [0.5, 0.6) is 0 Å². The maximum atomic E-state index is 12.7. The quantitative estimate of drug-likeness (QED) is 0.909. The molecule has 1 aromatic rings. The number of carbonyl (C=O) groups is 1. The Kier molecular flexibility index (Phi) is 4.63. The SMILES string of the molecule is Cc1c(Br)cccc1C(=O)N1CCC(C)CC1CN. The van der Waals surface area contributed by atoms with E-state index in [1.54, 1.807) is 0 Å². The average Bonchev–Trinajstić information content (AvgIpc) is 2.41. The van der Waals surface area contributed by atoms with Crippen molar-refractivity contribution in [1.82, 2.24) is 4.90 Å². The maximum absolute atomic E-state index is 12.7. The Bertz CT molecular complexity index is 475. The summed E-state index contributed by atoms with van der Waals surface area (Å²) in [5, 5.41) is 0. The minimum absolute atomic E-state index is 0.112. The number of benzene rings is 1. The molecule has 2 atom stereocenters. The Balaban J connectivity index is 2.25. The van der Waals surface area contributed by atoms with Crippen molar-refractivity contribution in [2.24, 2.45) is 11.7 Å². The first-order valence-electron chi connectivity index (χ1n) is 6.80. The molecule has 0 aromatic heterocycles. The van der Waals surface area contributed by atoms with Crippen LogP contribution in [-0.2, 0) is 0 Å². The maximum Gasteiger partial charge on any atom is 0.254 e. The van der Waals surface area contributed by atoms with E-state index in [2.05, 4.69) is 22.9 Å². The van der Waals surface area contributed by atoms with Crippen LogP contribution in [0.25, 0.3) is 0 Å². The number of halogens is 1. The molecular weight excluding hydrogens is 304 g/mol. The van der Waals surface area contributed by atoms with Crippen molar-refractivity contribution in [3.63, 3.8) is 0 Å². The van der Waals surface area contributed by atoms with E-state index in [-0.39, 0.29) is 11.9 Å². The van der Waals surface area contributed by atoms with Gasteiger partial charge in [0.1, 0.15) is 0 Å². The van der Waals surface area contributed by atoms with E-state index >= 15 is 0 Å². The van der Waals surface area contributed by atoms with Crippen LogP contribution in [-0.4, -0.2) is 29.9 Å². The topological polar surface area (TPSA) is 46.3 Å². The predicted octanol–water partition coefficient (Wildman–Crippen LogP) is 2.96. The van der Waals surface area contributed by atoms with Crippen molar-refractivity contribution in [2.75, 3.05) is 13.1 Å². The van der Waals surface area contributed by atoms with Gasteiger partial charge in [-0.05, 0) is 43.4 Å². The summed E-state index contributed by atoms with van der Waals surface area (Å²) in [6.45, 7) is 5.56. The van der Waals surface area contributed by atoms with E-state index in [0.29, 0.717) is 12.5 Å². The smallest absolute Gasteiger partial charge is 0.254 e. The first kappa shape index (κ1) is 14.5. The van der Waals surface area contributed by atoms with Crippen LogP contribution >= 0.6 is 15.9 Å². The van der Waals surface area contributed by atoms with Gasteiger partial charge in [0.25, 0.3) is 5.91 Å². The van der Waals surface area contributed by atoms with Crippen molar-refractivity contribution >= 4 is 21.8 Å². The van der Waals surface area contributed by atoms with Gasteiger partial charge in [-0.2, -0.15) is 0 Å². The molecule has 1 heterocycles. The monoisotopic (exact) mass is 324 g/mol. The Morgan fingerprint density at radius 1 is 1.53 bits per heavy atom. The van der Waals surface area contributed by atoms with Gasteiger partial charge in [-0.25, -0.2) is 0 Å². The fraction of sp³-hybridized carbons (Fsp3) is 0.533. The van der Waals surface area contributed by atoms with E-state index in [1.165, 1.54) is 0 Å². The van der Waals surface area contributed by atoms with Gasteiger partial charge in [0, 0.05) is 29.2 Å². The van der Waals surface area contributed by atoms with E-state index in [9.17, 15) is 4.79 Å². The largest absolute Gasteiger partial charge is 0.334 e. The zero-order chi connectivity index (χ0) is 14.0. The van der Waals surface area contributed by atoms with Crippen LogP contribution in [0.2, 0.25) is 0 Å². The Morgan fingerprint density at radius 2 is 2.26 bits per heavy atom. The zero-order valence-corrected chi connectivity index (χ0v) is 13.1. The van der Waals surface area contributed by atoms with E-state index in [0.717, 1.165) is 35.0 Å². The number of amides is 1. The minimum Gasteiger partial charge on any atom is -0.334 e. The highest BCUT2D eigenvalue weighted by Crippen LogP contribution is 2.26. The Morgan fingerprint density at radius 3 is 2.95 bits per heavy atom. The third-order valence-corrected chi connectivity index (χ3v) is 4.87. The van der Waals surface area contributed by atoms with E-state index < -0.39 is 0 Å². The highest BCUT2D eigenvalue weighted by Gasteiger charge is 2.30. The van der Waals surface area contributed by atoms with Crippen LogP contribution in [0.3, 0.4) is 0 Å². The van der Waals surface area contributed by atoms with Crippen LogP contribution in [0.4, 0.5) is 0 Å². The fourth-order valence-electron chi connectivity index (χ4n) is 2.74. The van der Waals surface area contributed by atoms with Gasteiger partial charge in [-0.3, -0.25) is 4.79 Å². The molecular formula is C15H21BrN2O. The summed E-state index contributed by atoms with van der Waals surface area (Å²) >= 11 is 3.48. The first-order chi connectivity index (χ1) is 9.04. The molecule has 0 spiro atoms. The van der Waals surface area contributed by atoms with E-state index in [4.69, 9.17) is 5.73 Å². The van der Waals surface area contributed by atoms with Crippen molar-refractivity contribution in [1.29, 1.82) is 0 Å². The van der Waals surface area contributed by atoms with Gasteiger partial charge in [0.05, 0.1) is 0 Å². The molecule has 1 aliphatic rings. The summed E-state index contributed by atoms with van der Waals surface area (Å²) in [6, 6.07) is 5.95. The molecule has 0 aliphatic carbocycles. The molecule has 2 unspecified atom stereocenters. The lowest BCUT2D eigenvalue weighted by Gasteiger charge is -2.38. The number of likely N-dealkylation sites (tertiary alicyclic amines) is 1. The normalized spacial score (nSPS) is 23.5. The number of nitrogens with two attached hydrogens (primary N) is 1. The molecule has 3 nitrogen and oxygen atoms in total. The van der Waals surface area contributed by atoms with Crippen LogP contribution in [0, 0.1) is 12.8 Å². The molecule has 2 N–H and O–H groups in total. The van der Waals surface area contributed by atoms with Crippen molar-refractivity contribution in [3.05, 3.63) is 33.8 Å². The molecule has 104 valence electrons. The summed E-state index contributed by atoms with van der Waals surface area (Å²) in [7, 11) is 0. The fourth-order valence-corrected chi connectivity index (χ4v) is 3.10. The standard InChI is InChI=1S/C15H21BrN2O/c1-10-6-7-18(12(8-10)9-17)15(19)13-4-3-5-14(16)11(13)2/h3-5,10,12H,6-9,17H2,1-2H3. The van der Waals surface area contributed by atoms with Crippen LogP contribution in [0.1, 0.15) is 35.7 Å². The number of hydrogen-bond donors (Lipinski definition) is 1. The van der Waals surface area contributed by atoms with Gasteiger partial charge < -0.3 is 10.6 Å². The Labute approximate surface area is 123 Å². The zero-order valence-electron chi connectivity index (χ0n) is 11.5. The highest BCUT2D eigenvalue weighted by molar-refractivity contribution is 9.10. The van der Waals surface area contributed by atoms with Gasteiger partial charge in [0.2, 0.25) is 0 Å². The number of hydrogen-bond acceptors (Lipinski definition) is 2. The molecule has 4 heteroatoms. The van der Waals surface area contributed by atoms with Gasteiger partial charge in [-0.15, -0.1) is 0 Å². The van der Waals surface area contributed by atoms with Gasteiger partial charge in [0.15, 0.2) is 0 Å². The molecule has 0 saturated carbocycles. The minimum atomic E-state index is 0.112. The molecule has 2 rings (SSSR count). The van der Waals surface area contributed by atoms with Gasteiger partial charge in [-0.1, -0.05) is 28.9 Å². The van der Waals surface area contributed by atoms with E-state index in [1.807, 2.05) is 30.0 Å². The summed E-state index contributed by atoms with van der Waals surface area (Å²) < 4.78 is 0.980. The van der Waals surface area contributed by atoms with Crippen LogP contribution < -0.4 is 5.73 Å². The number of carbonyl (C=O) groups excluding carboxylic acids is 1. The Hall–Kier alpha value is -0.870. The summed E-state index contributed by atoms with van der Waals surface area (Å²) in [4.78, 5) is 14.7. The molecule has 0 radical (unpaired) electrons. The van der Waals surface area contributed by atoms with Crippen molar-refractivity contribution in [2.45, 2.75) is 32.7 Å². The lowest BCUT2D eigenvalue weighted by molar-refractivity contribution is 0.0573. The third-order valence-electron chi connectivity index (χ3n) is 4.01. The highest BCUT2D eigenvalue weighted by atomic mass is 79.9. The summed E-state index contributed by atoms with van der Waals surface area (Å²) in [5.74, 6) is 0.766. The number of rotatable bonds is 2. The summed E-state index contributed by atoms with van der Waals surface area (Å²) in [6.07, 6.45) is 2.07. The molecule has 1 saturated heterocycles. The third kappa shape index (κ3) is 3.00. The second-order valence-corrected chi connectivity index (χ2v) is 6.28. The number of piperidine rings is 1. The second-order valence-electron chi connectivity index (χ2n) is 5.43. The lowest BCUT2D eigenvalue weighted by Crippen LogP contribution is -2.49. The van der Waals surface area contributed by atoms with Crippen molar-refractivity contribution < 1.29 is 4.79 Å². The van der Waals surface area contributed by atoms with Gasteiger partial charge >= 0.3 is 0 Å². The van der Waals surface area contributed by atoms with Crippen molar-refractivity contribution in [3.8, 4) is 0 Å². The van der Waals surface area contributed by atoms with Crippen LogP contribution in [0.15, 0.2) is 22.7 Å². The molecule has 1 aliphatic heterocycles. The molecule has 1 fully saturated rings. The molecule has 1 aromatic carbocycles. The molecule has 19 heavy (non-hydrogen) atoms. The summed E-state index contributed by atoms with van der Waals surface area (Å²) in [5.41, 5.74) is 7.62. The predicted molar refractivity (Wildman–Crippen MR) is 81.2 cm³/mol.